The quantitative estimate of drug-likeness (QED) is 0.333. The molecule has 11 heteroatoms. The molecule has 0 unspecified atom stereocenters. The van der Waals surface area contributed by atoms with Crippen molar-refractivity contribution in [2.24, 2.45) is 0 Å². The Hall–Kier alpha value is -3.21. The first-order chi connectivity index (χ1) is 15.2. The molecule has 3 aromatic rings. The van der Waals surface area contributed by atoms with Crippen molar-refractivity contribution in [1.29, 1.82) is 0 Å². The maximum Gasteiger partial charge on any atom is 0.573 e. The minimum atomic E-state index is -4.73. The molecule has 0 aliphatic carbocycles. The molecule has 7 nitrogen and oxygen atoms in total. The number of halogens is 3. The van der Waals surface area contributed by atoms with Crippen molar-refractivity contribution < 1.29 is 32.2 Å². The van der Waals surface area contributed by atoms with Gasteiger partial charge in [0.2, 0.25) is 0 Å². The molecule has 1 aromatic heterocycles. The number of aromatic nitrogens is 3. The number of aryl methyl sites for hydroxylation is 1. The molecule has 0 saturated heterocycles. The first-order valence-electron chi connectivity index (χ1n) is 9.53. The number of alkyl halides is 3. The molecule has 0 N–H and O–H groups in total. The molecule has 0 atom stereocenters. The van der Waals surface area contributed by atoms with Crippen molar-refractivity contribution in [1.82, 2.24) is 15.0 Å². The van der Waals surface area contributed by atoms with Crippen LogP contribution in [-0.2, 0) is 15.3 Å². The number of benzene rings is 2. The van der Waals surface area contributed by atoms with Crippen LogP contribution in [0.25, 0.3) is 5.69 Å². The Kier molecular flexibility index (Phi) is 7.62. The van der Waals surface area contributed by atoms with Crippen LogP contribution in [-0.4, -0.2) is 40.5 Å². The number of rotatable bonds is 9. The maximum atomic E-state index is 12.3. The predicted octanol–water partition coefficient (Wildman–Crippen LogP) is 4.71. The van der Waals surface area contributed by atoms with Gasteiger partial charge in [0.15, 0.2) is 6.61 Å². The molecule has 0 fully saturated rings. The number of nitrogens with zero attached hydrogens (tertiary/aromatic N) is 3. The van der Waals surface area contributed by atoms with E-state index >= 15 is 0 Å². The van der Waals surface area contributed by atoms with E-state index in [9.17, 15) is 18.0 Å². The van der Waals surface area contributed by atoms with Crippen LogP contribution < -0.4 is 9.47 Å². The van der Waals surface area contributed by atoms with Crippen LogP contribution in [0.2, 0.25) is 0 Å². The summed E-state index contributed by atoms with van der Waals surface area (Å²) in [7, 11) is 0. The van der Waals surface area contributed by atoms with Gasteiger partial charge in [-0.25, -0.2) is 9.48 Å². The molecule has 2 aromatic carbocycles. The molecular formula is C21H20F3N3O4S. The van der Waals surface area contributed by atoms with Gasteiger partial charge in [0, 0.05) is 10.6 Å². The molecule has 0 radical (unpaired) electrons. The minimum absolute atomic E-state index is 0.145. The Bertz CT molecular complexity index is 1060. The average Bonchev–Trinajstić information content (AvgIpc) is 3.20. The minimum Gasteiger partial charge on any atom is -0.482 e. The summed E-state index contributed by atoms with van der Waals surface area (Å²) in [4.78, 5) is 12.4. The van der Waals surface area contributed by atoms with Crippen LogP contribution in [0.1, 0.15) is 18.2 Å². The zero-order chi connectivity index (χ0) is 23.1. The first kappa shape index (κ1) is 23.5. The normalized spacial score (nSPS) is 11.3. The van der Waals surface area contributed by atoms with Gasteiger partial charge < -0.3 is 14.2 Å². The second kappa shape index (κ2) is 10.4. The molecule has 0 saturated carbocycles. The number of esters is 1. The van der Waals surface area contributed by atoms with Crippen molar-refractivity contribution >= 4 is 17.7 Å². The fraction of sp³-hybridized carbons (Fsp3) is 0.286. The molecule has 0 amide bonds. The highest BCUT2D eigenvalue weighted by Gasteiger charge is 2.31. The van der Waals surface area contributed by atoms with Gasteiger partial charge in [-0.3, -0.25) is 0 Å². The van der Waals surface area contributed by atoms with Gasteiger partial charge in [-0.05, 0) is 61.9 Å². The van der Waals surface area contributed by atoms with Crippen molar-refractivity contribution in [3.63, 3.8) is 0 Å². The van der Waals surface area contributed by atoms with E-state index in [1.54, 1.807) is 19.2 Å². The standard InChI is InChI=1S/C21H20F3N3O4S/c1-3-29-20(28)12-30-19-9-8-18(10-14(19)2)32-13-15-11-27(26-25-15)16-4-6-17(7-5-16)31-21(22,23)24/h4-11H,3,12-13H2,1-2H3. The summed E-state index contributed by atoms with van der Waals surface area (Å²) < 4.78 is 52.4. The van der Waals surface area contributed by atoms with E-state index < -0.39 is 12.3 Å². The van der Waals surface area contributed by atoms with E-state index in [2.05, 4.69) is 15.0 Å². The summed E-state index contributed by atoms with van der Waals surface area (Å²) in [5.41, 5.74) is 2.14. The van der Waals surface area contributed by atoms with E-state index in [0.29, 0.717) is 29.5 Å². The Labute approximate surface area is 186 Å². The molecule has 0 aliphatic rings. The monoisotopic (exact) mass is 467 g/mol. The van der Waals surface area contributed by atoms with Crippen LogP contribution >= 0.6 is 11.8 Å². The molecule has 170 valence electrons. The Morgan fingerprint density at radius 3 is 2.56 bits per heavy atom. The number of carbonyl (C=O) groups excluding carboxylic acids is 1. The Morgan fingerprint density at radius 1 is 1.16 bits per heavy atom. The molecular weight excluding hydrogens is 447 g/mol. The lowest BCUT2D eigenvalue weighted by molar-refractivity contribution is -0.274. The van der Waals surface area contributed by atoms with E-state index in [1.165, 1.54) is 40.7 Å². The van der Waals surface area contributed by atoms with Crippen molar-refractivity contribution in [2.45, 2.75) is 30.9 Å². The molecule has 0 spiro atoms. The smallest absolute Gasteiger partial charge is 0.482 e. The second-order valence-corrected chi connectivity index (χ2v) is 7.55. The molecule has 1 heterocycles. The molecule has 32 heavy (non-hydrogen) atoms. The van der Waals surface area contributed by atoms with Gasteiger partial charge in [0.1, 0.15) is 11.5 Å². The number of thioether (sulfide) groups is 1. The Balaban J connectivity index is 1.56. The van der Waals surface area contributed by atoms with Crippen molar-refractivity contribution in [2.75, 3.05) is 13.2 Å². The highest BCUT2D eigenvalue weighted by molar-refractivity contribution is 7.98. The molecule has 3 rings (SSSR count). The first-order valence-corrected chi connectivity index (χ1v) is 10.5. The summed E-state index contributed by atoms with van der Waals surface area (Å²) in [5, 5.41) is 8.12. The largest absolute Gasteiger partial charge is 0.573 e. The van der Waals surface area contributed by atoms with E-state index in [4.69, 9.17) is 9.47 Å². The SMILES string of the molecule is CCOC(=O)COc1ccc(SCc2cn(-c3ccc(OC(F)(F)F)cc3)nn2)cc1C. The number of hydrogen-bond donors (Lipinski definition) is 0. The predicted molar refractivity (Wildman–Crippen MR) is 111 cm³/mol. The van der Waals surface area contributed by atoms with Crippen molar-refractivity contribution in [3.8, 4) is 17.2 Å². The number of hydrogen-bond acceptors (Lipinski definition) is 7. The Morgan fingerprint density at radius 2 is 1.91 bits per heavy atom. The lowest BCUT2D eigenvalue weighted by Gasteiger charge is -2.10. The third-order valence-corrected chi connectivity index (χ3v) is 5.09. The van der Waals surface area contributed by atoms with Crippen LogP contribution in [0.5, 0.6) is 11.5 Å². The average molecular weight is 467 g/mol. The third kappa shape index (κ3) is 6.91. The fourth-order valence-electron chi connectivity index (χ4n) is 2.66. The van der Waals surface area contributed by atoms with Crippen LogP contribution in [0.3, 0.4) is 0 Å². The fourth-order valence-corrected chi connectivity index (χ4v) is 3.53. The zero-order valence-corrected chi connectivity index (χ0v) is 18.1. The summed E-state index contributed by atoms with van der Waals surface area (Å²) >= 11 is 1.54. The van der Waals surface area contributed by atoms with Gasteiger partial charge >= 0.3 is 12.3 Å². The van der Waals surface area contributed by atoms with E-state index in [1.807, 2.05) is 19.1 Å². The highest BCUT2D eigenvalue weighted by atomic mass is 32.2. The van der Waals surface area contributed by atoms with Crippen LogP contribution in [0.15, 0.2) is 53.6 Å². The number of carbonyl (C=O) groups is 1. The van der Waals surface area contributed by atoms with Crippen LogP contribution in [0.4, 0.5) is 13.2 Å². The maximum absolute atomic E-state index is 12.3. The van der Waals surface area contributed by atoms with Gasteiger partial charge in [0.25, 0.3) is 0 Å². The topological polar surface area (TPSA) is 75.5 Å². The zero-order valence-electron chi connectivity index (χ0n) is 17.3. The van der Waals surface area contributed by atoms with Gasteiger partial charge in [-0.15, -0.1) is 30.0 Å². The lowest BCUT2D eigenvalue weighted by Crippen LogP contribution is -2.17. The summed E-state index contributed by atoms with van der Waals surface area (Å²) in [6.45, 7) is 3.77. The van der Waals surface area contributed by atoms with Gasteiger partial charge in [-0.1, -0.05) is 5.21 Å². The highest BCUT2D eigenvalue weighted by Crippen LogP contribution is 2.28. The molecule has 0 bridgehead atoms. The lowest BCUT2D eigenvalue weighted by atomic mass is 10.2. The number of ether oxygens (including phenoxy) is 3. The van der Waals surface area contributed by atoms with Crippen LogP contribution in [0, 0.1) is 6.92 Å². The second-order valence-electron chi connectivity index (χ2n) is 6.51. The van der Waals surface area contributed by atoms with E-state index in [-0.39, 0.29) is 12.4 Å². The third-order valence-electron chi connectivity index (χ3n) is 4.06. The van der Waals surface area contributed by atoms with E-state index in [0.717, 1.165) is 10.5 Å². The molecule has 0 aliphatic heterocycles. The van der Waals surface area contributed by atoms with Gasteiger partial charge in [-0.2, -0.15) is 0 Å². The summed E-state index contributed by atoms with van der Waals surface area (Å²) in [6, 6.07) is 11.0. The van der Waals surface area contributed by atoms with Gasteiger partial charge in [0.05, 0.1) is 24.2 Å². The summed E-state index contributed by atoms with van der Waals surface area (Å²) in [6.07, 6.45) is -3.03. The van der Waals surface area contributed by atoms with Crippen molar-refractivity contribution in [3.05, 3.63) is 59.9 Å². The summed E-state index contributed by atoms with van der Waals surface area (Å²) in [5.74, 6) is 0.419.